The minimum atomic E-state index is -1.35. The van der Waals surface area contributed by atoms with Crippen LogP contribution in [-0.4, -0.2) is 107 Å². The van der Waals surface area contributed by atoms with E-state index in [0.29, 0.717) is 25.1 Å². The van der Waals surface area contributed by atoms with Gasteiger partial charge in [-0.3, -0.25) is 33.6 Å². The van der Waals surface area contributed by atoms with Gasteiger partial charge in [-0.2, -0.15) is 11.8 Å². The van der Waals surface area contributed by atoms with Crippen molar-refractivity contribution in [1.29, 1.82) is 0 Å². The molecule has 0 saturated heterocycles. The molecule has 17 heteroatoms. The van der Waals surface area contributed by atoms with Crippen LogP contribution >= 0.6 is 11.8 Å². The molecule has 0 aromatic rings. The van der Waals surface area contributed by atoms with Gasteiger partial charge in [-0.15, -0.1) is 0 Å². The third-order valence-corrected chi connectivity index (χ3v) is 6.42. The standard InChI is InChI=1S/C24H42N7O9S/c1-41-11-9-18(22(38)28-14(12-32)5-8-20(35)36)31-24(40)17(6-7-19(27)34)30-23(39)16(4-2-3-10-25)29-21(37)15(26)13-33/h14-18,33H,2-11,13,25-26H2,1H3,(H2,27,34)(H,28,38)(H,29,37)(H,30,39)(H,31,40)(H,35,36)/t14-,15-,16-,17-,18-/m0/s1. The van der Waals surface area contributed by atoms with Crippen molar-refractivity contribution in [2.45, 2.75) is 81.6 Å². The highest BCUT2D eigenvalue weighted by Gasteiger charge is 2.31. The lowest BCUT2D eigenvalue weighted by atomic mass is 10.0. The second-order valence-corrected chi connectivity index (χ2v) is 10.1. The van der Waals surface area contributed by atoms with Gasteiger partial charge in [-0.25, -0.2) is 0 Å². The van der Waals surface area contributed by atoms with E-state index in [1.165, 1.54) is 11.8 Å². The molecular formula is C24H42N7O9S. The van der Waals surface area contributed by atoms with Gasteiger partial charge < -0.3 is 48.7 Å². The first kappa shape index (κ1) is 37.7. The molecular weight excluding hydrogens is 562 g/mol. The molecule has 233 valence electrons. The SMILES string of the molecule is CSCC[C@H](NC(=O)[C@H](CCC(N)=O)NC(=O)[C@H](CCCCN)NC(=O)[C@@H](N)CO)C(=O)N[C@H]([C]=O)CCC(=O)O. The number of thioether (sulfide) groups is 1. The average Bonchev–Trinajstić information content (AvgIpc) is 2.93. The van der Waals surface area contributed by atoms with Gasteiger partial charge in [0.1, 0.15) is 24.2 Å². The summed E-state index contributed by atoms with van der Waals surface area (Å²) in [4.78, 5) is 84.9. The van der Waals surface area contributed by atoms with E-state index in [9.17, 15) is 33.6 Å². The zero-order valence-corrected chi connectivity index (χ0v) is 23.9. The molecule has 0 bridgehead atoms. The van der Waals surface area contributed by atoms with Crippen LogP contribution in [0.5, 0.6) is 0 Å². The molecule has 5 atom stereocenters. The number of aliphatic hydroxyl groups is 1. The number of primary amides is 1. The van der Waals surface area contributed by atoms with Crippen LogP contribution in [0.25, 0.3) is 0 Å². The first-order valence-corrected chi connectivity index (χ1v) is 14.4. The van der Waals surface area contributed by atoms with Gasteiger partial charge in [0.05, 0.1) is 12.6 Å². The van der Waals surface area contributed by atoms with Crippen LogP contribution in [0.1, 0.15) is 51.4 Å². The number of nitrogens with one attached hydrogen (secondary N) is 4. The number of carboxylic acid groups (broad SMARTS) is 1. The Morgan fingerprint density at radius 1 is 0.805 bits per heavy atom. The lowest BCUT2D eigenvalue weighted by Gasteiger charge is -2.26. The van der Waals surface area contributed by atoms with Gasteiger partial charge in [0.15, 0.2) is 0 Å². The normalized spacial score (nSPS) is 14.4. The number of amides is 5. The Morgan fingerprint density at radius 3 is 1.83 bits per heavy atom. The summed E-state index contributed by atoms with van der Waals surface area (Å²) in [6, 6.07) is -6.18. The number of rotatable bonds is 23. The van der Waals surface area contributed by atoms with Crippen LogP contribution in [0.4, 0.5) is 0 Å². The van der Waals surface area contributed by atoms with Crippen molar-refractivity contribution in [2.75, 3.05) is 25.2 Å². The van der Waals surface area contributed by atoms with Crippen LogP contribution < -0.4 is 38.5 Å². The van der Waals surface area contributed by atoms with Crippen molar-refractivity contribution < 1.29 is 43.8 Å². The summed E-state index contributed by atoms with van der Waals surface area (Å²) in [6.07, 6.45) is 3.43. The molecule has 41 heavy (non-hydrogen) atoms. The molecule has 0 aliphatic carbocycles. The Kier molecular flexibility index (Phi) is 19.7. The van der Waals surface area contributed by atoms with Crippen LogP contribution in [0.2, 0.25) is 0 Å². The minimum absolute atomic E-state index is 0.122. The predicted molar refractivity (Wildman–Crippen MR) is 150 cm³/mol. The Balaban J connectivity index is 5.79. The molecule has 0 heterocycles. The van der Waals surface area contributed by atoms with Crippen LogP contribution in [-0.2, 0) is 33.6 Å². The van der Waals surface area contributed by atoms with E-state index in [0.717, 1.165) is 0 Å². The quantitative estimate of drug-likeness (QED) is 0.0511. The Labute approximate surface area is 242 Å². The maximum atomic E-state index is 13.2. The summed E-state index contributed by atoms with van der Waals surface area (Å²) in [5, 5.41) is 27.7. The van der Waals surface area contributed by atoms with Crippen molar-refractivity contribution in [3.8, 4) is 0 Å². The highest BCUT2D eigenvalue weighted by molar-refractivity contribution is 7.98. The lowest BCUT2D eigenvalue weighted by Crippen LogP contribution is -2.58. The monoisotopic (exact) mass is 604 g/mol. The van der Waals surface area contributed by atoms with E-state index in [4.69, 9.17) is 27.4 Å². The van der Waals surface area contributed by atoms with E-state index in [2.05, 4.69) is 21.3 Å². The maximum Gasteiger partial charge on any atom is 0.303 e. The molecule has 16 nitrogen and oxygen atoms in total. The van der Waals surface area contributed by atoms with Crippen molar-refractivity contribution in [3.63, 3.8) is 0 Å². The predicted octanol–water partition coefficient (Wildman–Crippen LogP) is -3.63. The zero-order valence-electron chi connectivity index (χ0n) is 23.1. The van der Waals surface area contributed by atoms with Crippen molar-refractivity contribution >= 4 is 53.6 Å². The van der Waals surface area contributed by atoms with Crippen molar-refractivity contribution in [2.24, 2.45) is 17.2 Å². The molecule has 0 unspecified atom stereocenters. The summed E-state index contributed by atoms with van der Waals surface area (Å²) in [6.45, 7) is -0.328. The number of carboxylic acids is 1. The fraction of sp³-hybridized carbons (Fsp3) is 0.708. The van der Waals surface area contributed by atoms with E-state index < -0.39 is 78.7 Å². The van der Waals surface area contributed by atoms with Crippen LogP contribution in [0.3, 0.4) is 0 Å². The molecule has 12 N–H and O–H groups in total. The average molecular weight is 605 g/mol. The molecule has 1 radical (unpaired) electrons. The van der Waals surface area contributed by atoms with Crippen molar-refractivity contribution in [3.05, 3.63) is 0 Å². The second-order valence-electron chi connectivity index (χ2n) is 9.15. The smallest absolute Gasteiger partial charge is 0.303 e. The third-order valence-electron chi connectivity index (χ3n) is 5.78. The summed E-state index contributed by atoms with van der Waals surface area (Å²) >= 11 is 1.38. The first-order chi connectivity index (χ1) is 19.4. The number of carbonyl (C=O) groups excluding carboxylic acids is 6. The second kappa shape index (κ2) is 21.5. The molecule has 0 aromatic heterocycles. The van der Waals surface area contributed by atoms with Gasteiger partial charge in [-0.05, 0) is 57.1 Å². The summed E-state index contributed by atoms with van der Waals surface area (Å²) in [7, 11) is 0. The number of hydrogen-bond donors (Lipinski definition) is 9. The molecule has 0 fully saturated rings. The lowest BCUT2D eigenvalue weighted by molar-refractivity contribution is -0.137. The van der Waals surface area contributed by atoms with E-state index in [-0.39, 0.29) is 32.1 Å². The Bertz CT molecular complexity index is 894. The summed E-state index contributed by atoms with van der Waals surface area (Å²) in [5.74, 6) is -4.68. The fourth-order valence-electron chi connectivity index (χ4n) is 3.43. The number of unbranched alkanes of at least 4 members (excludes halogenated alkanes) is 1. The van der Waals surface area contributed by atoms with Gasteiger partial charge in [0.25, 0.3) is 0 Å². The minimum Gasteiger partial charge on any atom is -0.481 e. The molecule has 0 rings (SSSR count). The largest absolute Gasteiger partial charge is 0.481 e. The number of nitrogens with two attached hydrogens (primary N) is 3. The number of carbonyl (C=O) groups is 6. The highest BCUT2D eigenvalue weighted by Crippen LogP contribution is 2.07. The third kappa shape index (κ3) is 16.5. The molecule has 0 aliphatic heterocycles. The van der Waals surface area contributed by atoms with Gasteiger partial charge >= 0.3 is 5.97 Å². The first-order valence-electron chi connectivity index (χ1n) is 13.0. The van der Waals surface area contributed by atoms with Gasteiger partial charge in [0, 0.05) is 12.8 Å². The van der Waals surface area contributed by atoms with E-state index in [1.54, 1.807) is 12.5 Å². The van der Waals surface area contributed by atoms with Gasteiger partial charge in [-0.1, -0.05) is 0 Å². The van der Waals surface area contributed by atoms with Gasteiger partial charge in [0.2, 0.25) is 35.8 Å². The fourth-order valence-corrected chi connectivity index (χ4v) is 3.90. The van der Waals surface area contributed by atoms with E-state index in [1.807, 2.05) is 0 Å². The Morgan fingerprint density at radius 2 is 1.34 bits per heavy atom. The Hall–Kier alpha value is -3.28. The number of aliphatic carboxylic acids is 1. The summed E-state index contributed by atoms with van der Waals surface area (Å²) in [5.41, 5.74) is 16.3. The highest BCUT2D eigenvalue weighted by atomic mass is 32.2. The molecule has 5 amide bonds. The molecule has 0 spiro atoms. The van der Waals surface area contributed by atoms with E-state index >= 15 is 0 Å². The molecule has 0 aromatic carbocycles. The topological polar surface area (TPSA) is 286 Å². The number of hydrogen-bond acceptors (Lipinski definition) is 11. The van der Waals surface area contributed by atoms with Crippen LogP contribution in [0, 0.1) is 0 Å². The maximum absolute atomic E-state index is 13.2. The zero-order chi connectivity index (χ0) is 31.4. The summed E-state index contributed by atoms with van der Waals surface area (Å²) < 4.78 is 0. The molecule has 0 aliphatic rings. The van der Waals surface area contributed by atoms with Crippen LogP contribution in [0.15, 0.2) is 0 Å². The van der Waals surface area contributed by atoms with Crippen molar-refractivity contribution in [1.82, 2.24) is 21.3 Å². The number of aliphatic hydroxyl groups excluding tert-OH is 1. The molecule has 0 saturated carbocycles.